The van der Waals surface area contributed by atoms with E-state index in [-0.39, 0.29) is 17.3 Å². The maximum absolute atomic E-state index is 11.1. The van der Waals surface area contributed by atoms with E-state index < -0.39 is 4.92 Å². The van der Waals surface area contributed by atoms with Crippen LogP contribution in [-0.2, 0) is 0 Å². The van der Waals surface area contributed by atoms with Gasteiger partial charge in [0.2, 0.25) is 11.6 Å². The molecule has 1 aromatic heterocycles. The van der Waals surface area contributed by atoms with Crippen molar-refractivity contribution in [2.24, 2.45) is 0 Å². The Labute approximate surface area is 133 Å². The van der Waals surface area contributed by atoms with E-state index in [9.17, 15) is 10.1 Å². The largest absolute Gasteiger partial charge is 0.367 e. The quantitative estimate of drug-likeness (QED) is 0.460. The average Bonchev–Trinajstić information content (AvgIpc) is 2.41. The second kappa shape index (κ2) is 6.18. The summed E-state index contributed by atoms with van der Waals surface area (Å²) in [5.74, 6) is 0.214. The molecule has 0 aliphatic heterocycles. The van der Waals surface area contributed by atoms with E-state index in [4.69, 9.17) is 11.6 Å². The van der Waals surface area contributed by atoms with Gasteiger partial charge < -0.3 is 10.6 Å². The van der Waals surface area contributed by atoms with Gasteiger partial charge in [-0.25, -0.2) is 9.97 Å². The number of benzene rings is 1. The van der Waals surface area contributed by atoms with E-state index in [0.717, 1.165) is 3.57 Å². The highest BCUT2D eigenvalue weighted by molar-refractivity contribution is 14.1. The van der Waals surface area contributed by atoms with Crippen molar-refractivity contribution in [3.63, 3.8) is 0 Å². The number of aromatic nitrogens is 2. The van der Waals surface area contributed by atoms with Crippen molar-refractivity contribution in [2.45, 2.75) is 0 Å². The lowest BCUT2D eigenvalue weighted by Crippen LogP contribution is -2.05. The Balaban J connectivity index is 2.45. The van der Waals surface area contributed by atoms with Crippen molar-refractivity contribution >= 4 is 57.2 Å². The molecule has 1 aromatic carbocycles. The van der Waals surface area contributed by atoms with Crippen LogP contribution < -0.4 is 10.6 Å². The van der Waals surface area contributed by atoms with Gasteiger partial charge in [0.25, 0.3) is 0 Å². The molecule has 1 heterocycles. The third-order valence-electron chi connectivity index (χ3n) is 2.43. The summed E-state index contributed by atoms with van der Waals surface area (Å²) in [6.07, 6.45) is 1.24. The molecule has 0 aliphatic carbocycles. The Morgan fingerprint density at radius 2 is 2.05 bits per heavy atom. The molecule has 20 heavy (non-hydrogen) atoms. The first kappa shape index (κ1) is 14.7. The second-order valence-corrected chi connectivity index (χ2v) is 5.33. The third kappa shape index (κ3) is 3.07. The minimum absolute atomic E-state index is 0.0810. The first-order valence-electron chi connectivity index (χ1n) is 5.42. The van der Waals surface area contributed by atoms with E-state index in [1.54, 1.807) is 19.2 Å². The highest BCUT2D eigenvalue weighted by Crippen LogP contribution is 2.33. The molecule has 0 atom stereocenters. The lowest BCUT2D eigenvalue weighted by molar-refractivity contribution is -0.383. The van der Waals surface area contributed by atoms with Gasteiger partial charge in [-0.3, -0.25) is 10.1 Å². The first-order chi connectivity index (χ1) is 9.52. The van der Waals surface area contributed by atoms with Gasteiger partial charge >= 0.3 is 5.69 Å². The van der Waals surface area contributed by atoms with E-state index in [2.05, 4.69) is 43.2 Å². The maximum atomic E-state index is 11.1. The molecule has 0 bridgehead atoms. The first-order valence-corrected chi connectivity index (χ1v) is 6.88. The number of nitrogens with zero attached hydrogens (tertiary/aromatic N) is 3. The number of halogens is 2. The van der Waals surface area contributed by atoms with Gasteiger partial charge in [-0.15, -0.1) is 0 Å². The van der Waals surface area contributed by atoms with Gasteiger partial charge in [0.15, 0.2) is 0 Å². The Morgan fingerprint density at radius 3 is 2.65 bits per heavy atom. The van der Waals surface area contributed by atoms with Crippen LogP contribution in [0.3, 0.4) is 0 Å². The maximum Gasteiger partial charge on any atom is 0.353 e. The monoisotopic (exact) mass is 405 g/mol. The topological polar surface area (TPSA) is 93.0 Å². The van der Waals surface area contributed by atoms with E-state index in [0.29, 0.717) is 10.7 Å². The predicted molar refractivity (Wildman–Crippen MR) is 85.7 cm³/mol. The van der Waals surface area contributed by atoms with E-state index >= 15 is 0 Å². The molecule has 0 fully saturated rings. The average molecular weight is 406 g/mol. The zero-order valence-corrected chi connectivity index (χ0v) is 13.1. The van der Waals surface area contributed by atoms with Crippen LogP contribution in [0, 0.1) is 13.7 Å². The van der Waals surface area contributed by atoms with Crippen molar-refractivity contribution < 1.29 is 4.92 Å². The molecule has 2 rings (SSSR count). The molecule has 0 saturated carbocycles. The summed E-state index contributed by atoms with van der Waals surface area (Å²) >= 11 is 8.21. The lowest BCUT2D eigenvalue weighted by Gasteiger charge is -2.09. The summed E-state index contributed by atoms with van der Waals surface area (Å²) in [5, 5.41) is 17.1. The van der Waals surface area contributed by atoms with Gasteiger partial charge in [0, 0.05) is 10.6 Å². The van der Waals surface area contributed by atoms with Crippen LogP contribution in [0.25, 0.3) is 0 Å². The molecule has 0 aliphatic rings. The van der Waals surface area contributed by atoms with Crippen molar-refractivity contribution in [2.75, 3.05) is 17.7 Å². The summed E-state index contributed by atoms with van der Waals surface area (Å²) in [6, 6.07) is 5.31. The van der Waals surface area contributed by atoms with Gasteiger partial charge in [-0.2, -0.15) is 0 Å². The normalized spacial score (nSPS) is 10.2. The summed E-state index contributed by atoms with van der Waals surface area (Å²) in [4.78, 5) is 18.3. The van der Waals surface area contributed by atoms with Crippen LogP contribution in [-0.4, -0.2) is 21.9 Å². The zero-order valence-electron chi connectivity index (χ0n) is 10.2. The molecule has 0 amide bonds. The van der Waals surface area contributed by atoms with Crippen molar-refractivity contribution in [3.8, 4) is 0 Å². The summed E-state index contributed by atoms with van der Waals surface area (Å²) < 4.78 is 0.964. The van der Waals surface area contributed by atoms with E-state index in [1.165, 1.54) is 6.33 Å². The van der Waals surface area contributed by atoms with Crippen LogP contribution in [0.2, 0.25) is 5.02 Å². The van der Waals surface area contributed by atoms with Crippen LogP contribution in [0.15, 0.2) is 24.5 Å². The number of nitro groups is 1. The van der Waals surface area contributed by atoms with E-state index in [1.807, 2.05) is 6.07 Å². The molecule has 0 unspecified atom stereocenters. The SMILES string of the molecule is CNc1ncnc(Nc2ccc(I)cc2Cl)c1[N+](=O)[O-]. The summed E-state index contributed by atoms with van der Waals surface area (Å²) in [7, 11) is 1.55. The Hall–Kier alpha value is -1.68. The van der Waals surface area contributed by atoms with Gasteiger partial charge in [0.1, 0.15) is 6.33 Å². The minimum atomic E-state index is -0.547. The predicted octanol–water partition coefficient (Wildman–Crippen LogP) is 3.43. The van der Waals surface area contributed by atoms with Gasteiger partial charge in [-0.1, -0.05) is 11.6 Å². The number of hydrogen-bond acceptors (Lipinski definition) is 6. The Morgan fingerprint density at radius 1 is 1.35 bits per heavy atom. The molecule has 2 N–H and O–H groups in total. The van der Waals surface area contributed by atoms with Crippen molar-refractivity contribution in [1.29, 1.82) is 0 Å². The van der Waals surface area contributed by atoms with Crippen molar-refractivity contribution in [1.82, 2.24) is 9.97 Å². The van der Waals surface area contributed by atoms with Gasteiger partial charge in [0.05, 0.1) is 15.6 Å². The number of hydrogen-bond donors (Lipinski definition) is 2. The smallest absolute Gasteiger partial charge is 0.353 e. The minimum Gasteiger partial charge on any atom is -0.367 e. The Kier molecular flexibility index (Phi) is 4.55. The van der Waals surface area contributed by atoms with Crippen LogP contribution >= 0.6 is 34.2 Å². The van der Waals surface area contributed by atoms with Crippen LogP contribution in [0.4, 0.5) is 23.0 Å². The fourth-order valence-corrected chi connectivity index (χ4v) is 2.45. The molecule has 7 nitrogen and oxygen atoms in total. The fraction of sp³-hybridized carbons (Fsp3) is 0.0909. The Bertz CT molecular complexity index is 667. The number of rotatable bonds is 4. The highest BCUT2D eigenvalue weighted by Gasteiger charge is 2.22. The molecular formula is C11H9ClIN5O2. The third-order valence-corrected chi connectivity index (χ3v) is 3.41. The second-order valence-electron chi connectivity index (χ2n) is 3.68. The van der Waals surface area contributed by atoms with Crippen LogP contribution in [0.5, 0.6) is 0 Å². The van der Waals surface area contributed by atoms with Gasteiger partial charge in [-0.05, 0) is 40.8 Å². The lowest BCUT2D eigenvalue weighted by atomic mass is 10.3. The molecule has 0 radical (unpaired) electrons. The molecule has 2 aromatic rings. The molecule has 104 valence electrons. The highest BCUT2D eigenvalue weighted by atomic mass is 127. The summed E-state index contributed by atoms with van der Waals surface area (Å²) in [6.45, 7) is 0. The number of anilines is 3. The molecule has 0 saturated heterocycles. The standard InChI is InChI=1S/C11H9ClIN5O2/c1-14-10-9(18(19)20)11(16-5-15-10)17-8-3-2-6(13)4-7(8)12/h2-5H,1H3,(H2,14,15,16,17). The van der Waals surface area contributed by atoms with Crippen LogP contribution in [0.1, 0.15) is 0 Å². The summed E-state index contributed by atoms with van der Waals surface area (Å²) in [5.41, 5.74) is 0.306. The molecular weight excluding hydrogens is 397 g/mol. The molecule has 0 spiro atoms. The fourth-order valence-electron chi connectivity index (χ4n) is 1.54. The van der Waals surface area contributed by atoms with Crippen molar-refractivity contribution in [3.05, 3.63) is 43.2 Å². The number of nitrogens with one attached hydrogen (secondary N) is 2. The zero-order chi connectivity index (χ0) is 14.7. The molecule has 9 heteroatoms.